The minimum atomic E-state index is -2.69. The van der Waals surface area contributed by atoms with Crippen molar-refractivity contribution >= 4 is 17.6 Å². The normalized spacial score (nSPS) is 14.8. The van der Waals surface area contributed by atoms with E-state index >= 15 is 0 Å². The molecule has 0 saturated heterocycles. The largest absolute Gasteiger partial charge is 0.384 e. The molecule has 1 fully saturated rings. The number of halogens is 2. The summed E-state index contributed by atoms with van der Waals surface area (Å²) in [5, 5.41) is 16.5. The van der Waals surface area contributed by atoms with E-state index in [-0.39, 0.29) is 35.2 Å². The molecule has 3 heterocycles. The highest BCUT2D eigenvalue weighted by Crippen LogP contribution is 2.44. The van der Waals surface area contributed by atoms with Gasteiger partial charge in [-0.3, -0.25) is 4.98 Å². The fourth-order valence-corrected chi connectivity index (χ4v) is 2.83. The predicted molar refractivity (Wildman–Crippen MR) is 107 cm³/mol. The molecule has 0 atom stereocenters. The molecule has 0 aromatic carbocycles. The topological polar surface area (TPSA) is 109 Å². The van der Waals surface area contributed by atoms with Gasteiger partial charge >= 0.3 is 0 Å². The molecule has 30 heavy (non-hydrogen) atoms. The first-order valence-corrected chi connectivity index (χ1v) is 9.56. The SMILES string of the molecule is CC(C)Nc1nc(Nc2ccnc(C3(O)CC3)c2)nc(-c2cccc(C(F)F)n2)n1. The Morgan fingerprint density at radius 3 is 2.50 bits per heavy atom. The number of aromatic nitrogens is 5. The van der Waals surface area contributed by atoms with Crippen LogP contribution in [0.15, 0.2) is 36.5 Å². The van der Waals surface area contributed by atoms with Crippen molar-refractivity contribution in [3.63, 3.8) is 0 Å². The van der Waals surface area contributed by atoms with Crippen molar-refractivity contribution < 1.29 is 13.9 Å². The van der Waals surface area contributed by atoms with Crippen molar-refractivity contribution in [2.45, 2.75) is 44.8 Å². The van der Waals surface area contributed by atoms with Crippen LogP contribution in [0.3, 0.4) is 0 Å². The molecular weight excluding hydrogens is 392 g/mol. The number of nitrogens with one attached hydrogen (secondary N) is 2. The quantitative estimate of drug-likeness (QED) is 0.537. The second-order valence-corrected chi connectivity index (χ2v) is 7.44. The van der Waals surface area contributed by atoms with Gasteiger partial charge in [-0.15, -0.1) is 0 Å². The summed E-state index contributed by atoms with van der Waals surface area (Å²) in [6, 6.07) is 7.82. The zero-order chi connectivity index (χ0) is 21.3. The van der Waals surface area contributed by atoms with Gasteiger partial charge in [0.1, 0.15) is 17.0 Å². The van der Waals surface area contributed by atoms with E-state index in [4.69, 9.17) is 0 Å². The molecule has 3 aromatic rings. The number of hydrogen-bond acceptors (Lipinski definition) is 8. The molecule has 4 rings (SSSR count). The van der Waals surface area contributed by atoms with E-state index in [0.29, 0.717) is 24.2 Å². The Labute approximate surface area is 171 Å². The van der Waals surface area contributed by atoms with Crippen molar-refractivity contribution in [2.75, 3.05) is 10.6 Å². The summed E-state index contributed by atoms with van der Waals surface area (Å²) < 4.78 is 26.1. The maximum atomic E-state index is 13.1. The maximum Gasteiger partial charge on any atom is 0.280 e. The highest BCUT2D eigenvalue weighted by atomic mass is 19.3. The molecule has 10 heteroatoms. The van der Waals surface area contributed by atoms with Crippen molar-refractivity contribution in [2.24, 2.45) is 0 Å². The number of aliphatic hydroxyl groups is 1. The molecule has 3 aromatic heterocycles. The summed E-state index contributed by atoms with van der Waals surface area (Å²) in [5.74, 6) is 0.664. The average Bonchev–Trinajstić information content (AvgIpc) is 3.46. The zero-order valence-electron chi connectivity index (χ0n) is 16.5. The van der Waals surface area contributed by atoms with Crippen LogP contribution in [0, 0.1) is 0 Å². The van der Waals surface area contributed by atoms with Gasteiger partial charge in [0, 0.05) is 17.9 Å². The van der Waals surface area contributed by atoms with Gasteiger partial charge < -0.3 is 15.7 Å². The Kier molecular flexibility index (Phi) is 5.25. The van der Waals surface area contributed by atoms with Crippen LogP contribution in [0.1, 0.15) is 44.5 Å². The maximum absolute atomic E-state index is 13.1. The van der Waals surface area contributed by atoms with Gasteiger partial charge in [-0.2, -0.15) is 15.0 Å². The molecule has 1 aliphatic carbocycles. The molecule has 1 saturated carbocycles. The van der Waals surface area contributed by atoms with Crippen LogP contribution >= 0.6 is 0 Å². The Balaban J connectivity index is 1.69. The lowest BCUT2D eigenvalue weighted by molar-refractivity contribution is 0.146. The highest BCUT2D eigenvalue weighted by molar-refractivity contribution is 5.59. The van der Waals surface area contributed by atoms with Gasteiger partial charge in [-0.1, -0.05) is 6.07 Å². The van der Waals surface area contributed by atoms with Crippen LogP contribution in [0.25, 0.3) is 11.5 Å². The molecule has 0 aliphatic heterocycles. The second-order valence-electron chi connectivity index (χ2n) is 7.44. The molecule has 8 nitrogen and oxygen atoms in total. The Morgan fingerprint density at radius 2 is 1.80 bits per heavy atom. The van der Waals surface area contributed by atoms with Crippen LogP contribution in [-0.4, -0.2) is 36.1 Å². The van der Waals surface area contributed by atoms with Gasteiger partial charge in [0.2, 0.25) is 11.9 Å². The zero-order valence-corrected chi connectivity index (χ0v) is 16.5. The first kappa shape index (κ1) is 20.0. The number of nitrogens with zero attached hydrogens (tertiary/aromatic N) is 5. The van der Waals surface area contributed by atoms with Gasteiger partial charge in [-0.05, 0) is 51.0 Å². The van der Waals surface area contributed by atoms with Crippen molar-refractivity contribution in [3.8, 4) is 11.5 Å². The molecule has 0 unspecified atom stereocenters. The first-order valence-electron chi connectivity index (χ1n) is 9.56. The summed E-state index contributed by atoms with van der Waals surface area (Å²) in [6.45, 7) is 3.86. The lowest BCUT2D eigenvalue weighted by atomic mass is 10.2. The van der Waals surface area contributed by atoms with Crippen LogP contribution in [0.4, 0.5) is 26.4 Å². The standard InChI is InChI=1S/C20H21F2N7O/c1-11(2)24-18-27-17(14-5-3-4-13(26-14)16(21)22)28-19(29-18)25-12-6-9-23-15(10-12)20(30)7-8-20/h3-6,9-11,16,30H,7-8H2,1-2H3,(H2,23,24,25,27,28,29). The smallest absolute Gasteiger partial charge is 0.280 e. The monoisotopic (exact) mass is 413 g/mol. The fraction of sp³-hybridized carbons (Fsp3) is 0.350. The van der Waals surface area contributed by atoms with E-state index in [0.717, 1.165) is 0 Å². The Bertz CT molecular complexity index is 1060. The third-order valence-corrected chi connectivity index (χ3v) is 4.49. The molecular formula is C20H21F2N7O. The van der Waals surface area contributed by atoms with Crippen LogP contribution in [0.5, 0.6) is 0 Å². The van der Waals surface area contributed by atoms with Crippen molar-refractivity contribution in [1.82, 2.24) is 24.9 Å². The summed E-state index contributed by atoms with van der Waals surface area (Å²) in [6.07, 6.45) is 0.250. The highest BCUT2D eigenvalue weighted by Gasteiger charge is 2.43. The average molecular weight is 413 g/mol. The van der Waals surface area contributed by atoms with E-state index in [9.17, 15) is 13.9 Å². The molecule has 0 spiro atoms. The van der Waals surface area contributed by atoms with Crippen LogP contribution in [0.2, 0.25) is 0 Å². The molecule has 0 amide bonds. The third-order valence-electron chi connectivity index (χ3n) is 4.49. The van der Waals surface area contributed by atoms with E-state index in [1.165, 1.54) is 12.1 Å². The van der Waals surface area contributed by atoms with E-state index in [1.54, 1.807) is 24.4 Å². The Hall–Kier alpha value is -3.27. The van der Waals surface area contributed by atoms with Gasteiger partial charge in [0.25, 0.3) is 6.43 Å². The molecule has 0 radical (unpaired) electrons. The van der Waals surface area contributed by atoms with Crippen LogP contribution < -0.4 is 10.6 Å². The van der Waals surface area contributed by atoms with E-state index < -0.39 is 12.0 Å². The summed E-state index contributed by atoms with van der Waals surface area (Å²) in [4.78, 5) is 21.2. The van der Waals surface area contributed by atoms with Crippen LogP contribution in [-0.2, 0) is 5.60 Å². The summed E-state index contributed by atoms with van der Waals surface area (Å²) >= 11 is 0. The van der Waals surface area contributed by atoms with Gasteiger partial charge in [-0.25, -0.2) is 13.8 Å². The molecule has 1 aliphatic rings. The van der Waals surface area contributed by atoms with Crippen molar-refractivity contribution in [3.05, 3.63) is 47.9 Å². The minimum Gasteiger partial charge on any atom is -0.384 e. The number of anilines is 3. The number of rotatable bonds is 7. The third kappa shape index (κ3) is 4.48. The number of pyridine rings is 2. The second kappa shape index (κ2) is 7.86. The minimum absolute atomic E-state index is 0.0464. The summed E-state index contributed by atoms with van der Waals surface area (Å²) in [7, 11) is 0. The predicted octanol–water partition coefficient (Wildman–Crippen LogP) is 3.81. The van der Waals surface area contributed by atoms with E-state index in [2.05, 4.69) is 35.6 Å². The fourth-order valence-electron chi connectivity index (χ4n) is 2.83. The molecule has 156 valence electrons. The molecule has 0 bridgehead atoms. The number of hydrogen-bond donors (Lipinski definition) is 3. The van der Waals surface area contributed by atoms with E-state index in [1.807, 2.05) is 13.8 Å². The van der Waals surface area contributed by atoms with Gasteiger partial charge in [0.05, 0.1) is 5.69 Å². The Morgan fingerprint density at radius 1 is 1.03 bits per heavy atom. The van der Waals surface area contributed by atoms with Crippen molar-refractivity contribution in [1.29, 1.82) is 0 Å². The molecule has 3 N–H and O–H groups in total. The lowest BCUT2D eigenvalue weighted by Gasteiger charge is -2.13. The first-order chi connectivity index (χ1) is 14.3. The van der Waals surface area contributed by atoms with Gasteiger partial charge in [0.15, 0.2) is 5.82 Å². The number of alkyl halides is 2. The summed E-state index contributed by atoms with van der Waals surface area (Å²) in [5.41, 5.74) is 0.215. The lowest BCUT2D eigenvalue weighted by Crippen LogP contribution is -2.15.